The van der Waals surface area contributed by atoms with Crippen molar-refractivity contribution in [1.82, 2.24) is 15.1 Å². The lowest BCUT2D eigenvalue weighted by Gasteiger charge is -2.12. The fourth-order valence-corrected chi connectivity index (χ4v) is 3.60. The standard InChI is InChI=1S/C14H17Br2N3O/c1-9-11(8-19(2)18-9)7-17-6-10-4-12(15)5-13(16)14(10)20-3/h4-5,8,17H,6-7H2,1-3H3. The van der Waals surface area contributed by atoms with E-state index in [2.05, 4.69) is 48.3 Å². The van der Waals surface area contributed by atoms with E-state index >= 15 is 0 Å². The van der Waals surface area contributed by atoms with Gasteiger partial charge in [-0.3, -0.25) is 4.68 Å². The van der Waals surface area contributed by atoms with Gasteiger partial charge in [-0.2, -0.15) is 5.10 Å². The summed E-state index contributed by atoms with van der Waals surface area (Å²) in [6, 6.07) is 4.04. The number of rotatable bonds is 5. The first kappa shape index (κ1) is 15.5. The van der Waals surface area contributed by atoms with Gasteiger partial charge in [-0.25, -0.2) is 0 Å². The van der Waals surface area contributed by atoms with Gasteiger partial charge in [-0.05, 0) is 35.0 Å². The second-order valence-corrected chi connectivity index (χ2v) is 6.37. The number of hydrogen-bond acceptors (Lipinski definition) is 3. The molecule has 4 nitrogen and oxygen atoms in total. The maximum Gasteiger partial charge on any atom is 0.137 e. The van der Waals surface area contributed by atoms with Gasteiger partial charge < -0.3 is 10.1 Å². The summed E-state index contributed by atoms with van der Waals surface area (Å²) >= 11 is 7.02. The van der Waals surface area contributed by atoms with Gasteiger partial charge >= 0.3 is 0 Å². The Balaban J connectivity index is 2.06. The Morgan fingerprint density at radius 3 is 2.55 bits per heavy atom. The van der Waals surface area contributed by atoms with E-state index in [0.29, 0.717) is 0 Å². The number of halogens is 2. The van der Waals surface area contributed by atoms with E-state index in [1.807, 2.05) is 30.9 Å². The van der Waals surface area contributed by atoms with Gasteiger partial charge in [-0.1, -0.05) is 15.9 Å². The first-order chi connectivity index (χ1) is 9.51. The van der Waals surface area contributed by atoms with Gasteiger partial charge in [0.05, 0.1) is 17.3 Å². The normalized spacial score (nSPS) is 10.8. The fraction of sp³-hybridized carbons (Fsp3) is 0.357. The molecule has 0 aliphatic heterocycles. The van der Waals surface area contributed by atoms with Gasteiger partial charge in [0, 0.05) is 41.9 Å². The molecule has 1 N–H and O–H groups in total. The van der Waals surface area contributed by atoms with Crippen LogP contribution in [0.1, 0.15) is 16.8 Å². The van der Waals surface area contributed by atoms with Gasteiger partial charge in [-0.15, -0.1) is 0 Å². The number of benzene rings is 1. The summed E-state index contributed by atoms with van der Waals surface area (Å²) in [5.74, 6) is 0.864. The third-order valence-electron chi connectivity index (χ3n) is 3.04. The predicted molar refractivity (Wildman–Crippen MR) is 86.9 cm³/mol. The van der Waals surface area contributed by atoms with Gasteiger partial charge in [0.25, 0.3) is 0 Å². The Labute approximate surface area is 135 Å². The van der Waals surface area contributed by atoms with Crippen molar-refractivity contribution in [3.63, 3.8) is 0 Å². The van der Waals surface area contributed by atoms with E-state index in [1.165, 1.54) is 5.56 Å². The monoisotopic (exact) mass is 401 g/mol. The molecule has 0 saturated carbocycles. The molecule has 2 aromatic rings. The number of aromatic nitrogens is 2. The van der Waals surface area contributed by atoms with E-state index in [4.69, 9.17) is 4.74 Å². The number of ether oxygens (including phenoxy) is 1. The summed E-state index contributed by atoms with van der Waals surface area (Å²) in [5.41, 5.74) is 3.37. The van der Waals surface area contributed by atoms with Gasteiger partial charge in [0.2, 0.25) is 0 Å². The number of nitrogens with one attached hydrogen (secondary N) is 1. The summed E-state index contributed by atoms with van der Waals surface area (Å²) in [5, 5.41) is 7.76. The van der Waals surface area contributed by atoms with Crippen LogP contribution in [0.5, 0.6) is 5.75 Å². The lowest BCUT2D eigenvalue weighted by atomic mass is 10.2. The molecule has 0 fully saturated rings. The van der Waals surface area contributed by atoms with E-state index in [0.717, 1.165) is 39.0 Å². The molecule has 1 aromatic carbocycles. The Kier molecular flexibility index (Phi) is 5.23. The molecule has 0 aliphatic carbocycles. The highest BCUT2D eigenvalue weighted by Crippen LogP contribution is 2.32. The van der Waals surface area contributed by atoms with Crippen LogP contribution >= 0.6 is 31.9 Å². The molecule has 108 valence electrons. The number of aryl methyl sites for hydroxylation is 2. The average molecular weight is 403 g/mol. The fourth-order valence-electron chi connectivity index (χ4n) is 2.13. The van der Waals surface area contributed by atoms with Crippen LogP contribution in [0.2, 0.25) is 0 Å². The molecular formula is C14H17Br2N3O. The maximum atomic E-state index is 5.44. The second-order valence-electron chi connectivity index (χ2n) is 4.60. The minimum atomic E-state index is 0.732. The van der Waals surface area contributed by atoms with Crippen molar-refractivity contribution in [3.05, 3.63) is 44.1 Å². The highest BCUT2D eigenvalue weighted by molar-refractivity contribution is 9.11. The third-order valence-corrected chi connectivity index (χ3v) is 4.08. The smallest absolute Gasteiger partial charge is 0.137 e. The van der Waals surface area contributed by atoms with Crippen molar-refractivity contribution in [1.29, 1.82) is 0 Å². The Hall–Kier alpha value is -0.850. The predicted octanol–water partition coefficient (Wildman–Crippen LogP) is 3.55. The summed E-state index contributed by atoms with van der Waals surface area (Å²) in [6.45, 7) is 3.54. The molecule has 1 aromatic heterocycles. The highest BCUT2D eigenvalue weighted by Gasteiger charge is 2.09. The van der Waals surface area contributed by atoms with Crippen LogP contribution in [-0.2, 0) is 20.1 Å². The van der Waals surface area contributed by atoms with Crippen LogP contribution in [-0.4, -0.2) is 16.9 Å². The largest absolute Gasteiger partial charge is 0.495 e. The molecule has 20 heavy (non-hydrogen) atoms. The number of methoxy groups -OCH3 is 1. The molecule has 0 unspecified atom stereocenters. The van der Waals surface area contributed by atoms with Crippen LogP contribution in [0.3, 0.4) is 0 Å². The topological polar surface area (TPSA) is 39.1 Å². The first-order valence-corrected chi connectivity index (χ1v) is 7.81. The first-order valence-electron chi connectivity index (χ1n) is 6.23. The molecule has 0 spiro atoms. The molecule has 0 bridgehead atoms. The van der Waals surface area contributed by atoms with Crippen LogP contribution in [0.25, 0.3) is 0 Å². The number of nitrogens with zero attached hydrogens (tertiary/aromatic N) is 2. The van der Waals surface area contributed by atoms with Crippen molar-refractivity contribution in [2.24, 2.45) is 7.05 Å². The van der Waals surface area contributed by atoms with Crippen molar-refractivity contribution in [2.45, 2.75) is 20.0 Å². The quantitative estimate of drug-likeness (QED) is 0.831. The van der Waals surface area contributed by atoms with Crippen molar-refractivity contribution in [2.75, 3.05) is 7.11 Å². The summed E-state index contributed by atoms with van der Waals surface area (Å²) in [6.07, 6.45) is 2.04. The van der Waals surface area contributed by atoms with Crippen LogP contribution in [0.4, 0.5) is 0 Å². The summed E-state index contributed by atoms with van der Waals surface area (Å²) in [7, 11) is 3.62. The minimum absolute atomic E-state index is 0.732. The lowest BCUT2D eigenvalue weighted by Crippen LogP contribution is -2.14. The zero-order valence-electron chi connectivity index (χ0n) is 11.7. The Morgan fingerprint density at radius 1 is 1.25 bits per heavy atom. The lowest BCUT2D eigenvalue weighted by molar-refractivity contribution is 0.405. The second kappa shape index (κ2) is 6.74. The van der Waals surface area contributed by atoms with Crippen molar-refractivity contribution in [3.8, 4) is 5.75 Å². The molecule has 0 atom stereocenters. The van der Waals surface area contributed by atoms with Gasteiger partial charge in [0.15, 0.2) is 0 Å². The molecule has 1 heterocycles. The zero-order chi connectivity index (χ0) is 14.7. The van der Waals surface area contributed by atoms with E-state index < -0.39 is 0 Å². The molecule has 0 saturated heterocycles. The van der Waals surface area contributed by atoms with Crippen LogP contribution in [0.15, 0.2) is 27.3 Å². The molecule has 0 amide bonds. The third kappa shape index (κ3) is 3.62. The SMILES string of the molecule is COc1c(Br)cc(Br)cc1CNCc1cn(C)nc1C. The summed E-state index contributed by atoms with van der Waals surface area (Å²) < 4.78 is 9.25. The Bertz CT molecular complexity index is 611. The van der Waals surface area contributed by atoms with Gasteiger partial charge in [0.1, 0.15) is 5.75 Å². The molecule has 0 aliphatic rings. The van der Waals surface area contributed by atoms with Crippen LogP contribution < -0.4 is 10.1 Å². The van der Waals surface area contributed by atoms with Crippen molar-refractivity contribution >= 4 is 31.9 Å². The summed E-state index contributed by atoms with van der Waals surface area (Å²) in [4.78, 5) is 0. The van der Waals surface area contributed by atoms with Crippen molar-refractivity contribution < 1.29 is 4.74 Å². The average Bonchev–Trinajstić information content (AvgIpc) is 2.67. The molecular weight excluding hydrogens is 386 g/mol. The van der Waals surface area contributed by atoms with E-state index in [9.17, 15) is 0 Å². The maximum absolute atomic E-state index is 5.44. The zero-order valence-corrected chi connectivity index (χ0v) is 14.9. The molecule has 2 rings (SSSR count). The van der Waals surface area contributed by atoms with Crippen LogP contribution in [0, 0.1) is 6.92 Å². The highest BCUT2D eigenvalue weighted by atomic mass is 79.9. The van der Waals surface area contributed by atoms with E-state index in [1.54, 1.807) is 7.11 Å². The minimum Gasteiger partial charge on any atom is -0.495 e. The molecule has 6 heteroatoms. The number of hydrogen-bond donors (Lipinski definition) is 1. The molecule has 0 radical (unpaired) electrons. The Morgan fingerprint density at radius 2 is 1.95 bits per heavy atom. The van der Waals surface area contributed by atoms with E-state index in [-0.39, 0.29) is 0 Å².